The molecule has 0 radical (unpaired) electrons. The van der Waals surface area contributed by atoms with Crippen LogP contribution in [0.2, 0.25) is 0 Å². The Kier molecular flexibility index (Phi) is 8.28. The standard InChI is InChI=1S/C28H30N4O4/c33-26(34)18-25-28(36)32(16-12-20-5-2-1-3-6-20)19-23-9-8-22(17-24(23)31-25)27(35)30-13-4-7-21-10-14-29-15-11-21/h1-3,5-6,8-11,14-15,17,25,31H,4,7,12-13,16,18-19H2,(H,30,35)(H,33,34)/p-1. The lowest BCUT2D eigenvalue weighted by Crippen LogP contribution is -2.44. The first-order valence-electron chi connectivity index (χ1n) is 12.1. The molecule has 2 heterocycles. The maximum atomic E-state index is 13.2. The Balaban J connectivity index is 1.43. The van der Waals surface area contributed by atoms with E-state index >= 15 is 0 Å². The van der Waals surface area contributed by atoms with Crippen molar-refractivity contribution < 1.29 is 19.5 Å². The van der Waals surface area contributed by atoms with Crippen LogP contribution in [0, 0.1) is 0 Å². The van der Waals surface area contributed by atoms with Crippen molar-refractivity contribution in [3.05, 3.63) is 95.3 Å². The third-order valence-corrected chi connectivity index (χ3v) is 6.23. The van der Waals surface area contributed by atoms with Gasteiger partial charge in [0, 0.05) is 55.7 Å². The lowest BCUT2D eigenvalue weighted by Gasteiger charge is -2.25. The molecule has 0 bridgehead atoms. The molecule has 2 N–H and O–H groups in total. The van der Waals surface area contributed by atoms with Crippen LogP contribution in [0.4, 0.5) is 5.69 Å². The molecule has 0 saturated carbocycles. The molecule has 36 heavy (non-hydrogen) atoms. The molecule has 3 aromatic rings. The van der Waals surface area contributed by atoms with Gasteiger partial charge in [-0.15, -0.1) is 0 Å². The summed E-state index contributed by atoms with van der Waals surface area (Å²) < 4.78 is 0. The van der Waals surface area contributed by atoms with Crippen LogP contribution in [0.3, 0.4) is 0 Å². The van der Waals surface area contributed by atoms with E-state index in [4.69, 9.17) is 0 Å². The Hall–Kier alpha value is -4.20. The topological polar surface area (TPSA) is 114 Å². The van der Waals surface area contributed by atoms with E-state index in [2.05, 4.69) is 15.6 Å². The number of carboxylic acids is 1. The first-order chi connectivity index (χ1) is 17.5. The average Bonchev–Trinajstić information content (AvgIpc) is 3.02. The number of fused-ring (bicyclic) bond motifs is 1. The molecule has 1 aliphatic heterocycles. The molecule has 1 aliphatic rings. The minimum absolute atomic E-state index is 0.220. The van der Waals surface area contributed by atoms with Crippen molar-refractivity contribution in [1.29, 1.82) is 0 Å². The zero-order valence-electron chi connectivity index (χ0n) is 20.0. The Morgan fingerprint density at radius 1 is 1.03 bits per heavy atom. The number of benzene rings is 2. The minimum atomic E-state index is -1.31. The van der Waals surface area contributed by atoms with Gasteiger partial charge >= 0.3 is 0 Å². The number of carbonyl (C=O) groups is 3. The highest BCUT2D eigenvalue weighted by molar-refractivity contribution is 5.96. The second-order valence-corrected chi connectivity index (χ2v) is 8.86. The number of amides is 2. The third-order valence-electron chi connectivity index (χ3n) is 6.23. The van der Waals surface area contributed by atoms with Gasteiger partial charge in [-0.1, -0.05) is 36.4 Å². The number of nitrogens with zero attached hydrogens (tertiary/aromatic N) is 2. The molecule has 2 amide bonds. The molecule has 1 aromatic heterocycles. The number of aliphatic carboxylic acids is 1. The van der Waals surface area contributed by atoms with Gasteiger partial charge in [-0.05, 0) is 60.2 Å². The van der Waals surface area contributed by atoms with Crippen LogP contribution >= 0.6 is 0 Å². The van der Waals surface area contributed by atoms with E-state index in [0.717, 1.165) is 29.5 Å². The average molecular weight is 486 g/mol. The fourth-order valence-electron chi connectivity index (χ4n) is 4.29. The summed E-state index contributed by atoms with van der Waals surface area (Å²) in [6.07, 6.45) is 5.32. The third kappa shape index (κ3) is 6.69. The Labute approximate surface area is 210 Å². The lowest BCUT2D eigenvalue weighted by molar-refractivity contribution is -0.305. The summed E-state index contributed by atoms with van der Waals surface area (Å²) in [7, 11) is 0. The first kappa shape index (κ1) is 24.9. The molecule has 0 fully saturated rings. The molecule has 0 saturated heterocycles. The highest BCUT2D eigenvalue weighted by atomic mass is 16.4. The number of hydrogen-bond donors (Lipinski definition) is 2. The van der Waals surface area contributed by atoms with E-state index in [9.17, 15) is 19.5 Å². The molecule has 2 aromatic carbocycles. The predicted octanol–water partition coefficient (Wildman–Crippen LogP) is 1.95. The fraction of sp³-hybridized carbons (Fsp3) is 0.286. The number of aromatic nitrogens is 1. The molecule has 186 valence electrons. The van der Waals surface area contributed by atoms with Crippen molar-refractivity contribution in [2.45, 2.75) is 38.3 Å². The quantitative estimate of drug-likeness (QED) is 0.424. The van der Waals surface area contributed by atoms with Gasteiger partial charge in [-0.2, -0.15) is 0 Å². The number of carbonyl (C=O) groups excluding carboxylic acids is 3. The maximum absolute atomic E-state index is 13.2. The van der Waals surface area contributed by atoms with Crippen LogP contribution in [-0.2, 0) is 29.0 Å². The van der Waals surface area contributed by atoms with Crippen molar-refractivity contribution >= 4 is 23.5 Å². The van der Waals surface area contributed by atoms with Crippen molar-refractivity contribution in [3.8, 4) is 0 Å². The molecule has 8 heteroatoms. The molecular weight excluding hydrogens is 456 g/mol. The lowest BCUT2D eigenvalue weighted by atomic mass is 10.1. The van der Waals surface area contributed by atoms with Gasteiger partial charge in [0.05, 0.1) is 0 Å². The van der Waals surface area contributed by atoms with E-state index in [-0.39, 0.29) is 11.8 Å². The molecule has 8 nitrogen and oxygen atoms in total. The van der Waals surface area contributed by atoms with Crippen molar-refractivity contribution in [2.75, 3.05) is 18.4 Å². The maximum Gasteiger partial charge on any atom is 0.251 e. The Bertz CT molecular complexity index is 1200. The van der Waals surface area contributed by atoms with E-state index in [0.29, 0.717) is 37.3 Å². The van der Waals surface area contributed by atoms with Crippen LogP contribution in [0.5, 0.6) is 0 Å². The van der Waals surface area contributed by atoms with Crippen molar-refractivity contribution in [2.24, 2.45) is 0 Å². The molecule has 1 atom stereocenters. The number of carboxylic acid groups (broad SMARTS) is 1. The summed E-state index contributed by atoms with van der Waals surface area (Å²) in [5, 5.41) is 17.3. The number of aryl methyl sites for hydroxylation is 1. The van der Waals surface area contributed by atoms with Gasteiger partial charge in [-0.25, -0.2) is 0 Å². The molecule has 4 rings (SSSR count). The molecule has 0 spiro atoms. The highest BCUT2D eigenvalue weighted by Crippen LogP contribution is 2.26. The van der Waals surface area contributed by atoms with Gasteiger partial charge in [-0.3, -0.25) is 14.6 Å². The summed E-state index contributed by atoms with van der Waals surface area (Å²) in [5.74, 6) is -1.83. The van der Waals surface area contributed by atoms with E-state index in [1.54, 1.807) is 29.4 Å². The Morgan fingerprint density at radius 2 is 1.78 bits per heavy atom. The zero-order chi connectivity index (χ0) is 25.3. The number of nitrogens with one attached hydrogen (secondary N) is 2. The van der Waals surface area contributed by atoms with Gasteiger partial charge in [0.25, 0.3) is 5.91 Å². The monoisotopic (exact) mass is 485 g/mol. The highest BCUT2D eigenvalue weighted by Gasteiger charge is 2.29. The second kappa shape index (κ2) is 12.0. The van der Waals surface area contributed by atoms with Gasteiger partial charge in [0.2, 0.25) is 5.91 Å². The molecule has 1 unspecified atom stereocenters. The number of pyridine rings is 1. The normalized spacial score (nSPS) is 14.9. The molecule has 0 aliphatic carbocycles. The van der Waals surface area contributed by atoms with Crippen LogP contribution in [-0.4, -0.2) is 46.8 Å². The van der Waals surface area contributed by atoms with Gasteiger partial charge in [0.1, 0.15) is 6.04 Å². The number of hydrogen-bond acceptors (Lipinski definition) is 6. The van der Waals surface area contributed by atoms with Crippen LogP contribution in [0.25, 0.3) is 0 Å². The molecular formula is C28H29N4O4-. The Morgan fingerprint density at radius 3 is 2.53 bits per heavy atom. The fourth-order valence-corrected chi connectivity index (χ4v) is 4.29. The number of rotatable bonds is 10. The van der Waals surface area contributed by atoms with Crippen molar-refractivity contribution in [1.82, 2.24) is 15.2 Å². The second-order valence-electron chi connectivity index (χ2n) is 8.86. The summed E-state index contributed by atoms with van der Waals surface area (Å²) >= 11 is 0. The van der Waals surface area contributed by atoms with E-state index < -0.39 is 18.4 Å². The number of anilines is 1. The summed E-state index contributed by atoms with van der Waals surface area (Å²) in [4.78, 5) is 42.9. The van der Waals surface area contributed by atoms with Crippen molar-refractivity contribution in [3.63, 3.8) is 0 Å². The van der Waals surface area contributed by atoms with Gasteiger partial charge < -0.3 is 25.4 Å². The predicted molar refractivity (Wildman–Crippen MR) is 134 cm³/mol. The summed E-state index contributed by atoms with van der Waals surface area (Å²) in [6.45, 7) is 1.29. The van der Waals surface area contributed by atoms with Gasteiger partial charge in [0.15, 0.2) is 0 Å². The zero-order valence-corrected chi connectivity index (χ0v) is 20.0. The minimum Gasteiger partial charge on any atom is -0.550 e. The smallest absolute Gasteiger partial charge is 0.251 e. The summed E-state index contributed by atoms with van der Waals surface area (Å²) in [6, 6.07) is 18.0. The SMILES string of the molecule is O=C([O-])CC1Nc2cc(C(=O)NCCCc3ccncc3)ccc2CN(CCc2ccccc2)C1=O. The van der Waals surface area contributed by atoms with Crippen LogP contribution < -0.4 is 15.7 Å². The van der Waals surface area contributed by atoms with Crippen LogP contribution in [0.1, 0.15) is 39.9 Å². The summed E-state index contributed by atoms with van der Waals surface area (Å²) in [5.41, 5.74) is 4.11. The largest absolute Gasteiger partial charge is 0.550 e. The van der Waals surface area contributed by atoms with Crippen LogP contribution in [0.15, 0.2) is 73.1 Å². The first-order valence-corrected chi connectivity index (χ1v) is 12.1. The van der Waals surface area contributed by atoms with E-state index in [1.807, 2.05) is 48.5 Å². The van der Waals surface area contributed by atoms with E-state index in [1.165, 1.54) is 0 Å².